The molecule has 3 N–H and O–H groups in total. The molecular formula is C22H19FIN3O4. The molecule has 160 valence electrons. The molecule has 2 aromatic carbocycles. The summed E-state index contributed by atoms with van der Waals surface area (Å²) in [5.74, 6) is -0.830. The first kappa shape index (κ1) is 21.3. The molecule has 1 aliphatic rings. The minimum absolute atomic E-state index is 0.154. The van der Waals surface area contributed by atoms with Crippen LogP contribution in [0.5, 0.6) is 11.5 Å². The van der Waals surface area contributed by atoms with E-state index in [2.05, 4.69) is 32.9 Å². The van der Waals surface area contributed by atoms with Gasteiger partial charge in [-0.3, -0.25) is 4.79 Å². The molecular weight excluding hydrogens is 516 g/mol. The number of rotatable bonds is 5. The lowest BCUT2D eigenvalue weighted by Crippen LogP contribution is -2.43. The zero-order valence-corrected chi connectivity index (χ0v) is 18.4. The molecule has 7 nitrogen and oxygen atoms in total. The third-order valence-electron chi connectivity index (χ3n) is 4.91. The van der Waals surface area contributed by atoms with Crippen LogP contribution >= 0.6 is 22.6 Å². The Bertz CT molecular complexity index is 1110. The Labute approximate surface area is 191 Å². The number of carbonyl (C=O) groups is 1. The van der Waals surface area contributed by atoms with Crippen LogP contribution in [0.15, 0.2) is 54.7 Å². The highest BCUT2D eigenvalue weighted by atomic mass is 127. The summed E-state index contributed by atoms with van der Waals surface area (Å²) in [7, 11) is 0. The molecule has 1 atom stereocenters. The van der Waals surface area contributed by atoms with Crippen LogP contribution in [0.1, 0.15) is 15.9 Å². The molecule has 0 fully saturated rings. The number of hydrogen-bond acceptors (Lipinski definition) is 6. The Hall–Kier alpha value is -2.92. The van der Waals surface area contributed by atoms with Gasteiger partial charge in [0, 0.05) is 22.4 Å². The molecule has 9 heteroatoms. The molecule has 0 saturated heterocycles. The second-order valence-corrected chi connectivity index (χ2v) is 7.71. The molecule has 0 aliphatic carbocycles. The minimum Gasteiger partial charge on any atom is -0.505 e. The normalized spacial score (nSPS) is 15.2. The quantitative estimate of drug-likeness (QED) is 0.260. The highest BCUT2D eigenvalue weighted by Crippen LogP contribution is 2.41. The van der Waals surface area contributed by atoms with Gasteiger partial charge in [-0.2, -0.15) is 0 Å². The molecule has 1 aromatic heterocycles. The molecule has 1 amide bonds. The third-order valence-corrected chi connectivity index (χ3v) is 5.79. The predicted octanol–water partition coefficient (Wildman–Crippen LogP) is 4.01. The van der Waals surface area contributed by atoms with Gasteiger partial charge in [-0.15, -0.1) is 0 Å². The molecule has 0 unspecified atom stereocenters. The number of alkyl halides is 1. The molecule has 0 saturated carbocycles. The SMILES string of the molecule is O=C(Nc1ccc(O)c(F)c1)c1cccc2c1OC[C@H](CO)N2c1ccc(CI)cn1. The Kier molecular flexibility index (Phi) is 6.23. The van der Waals surface area contributed by atoms with Gasteiger partial charge in [-0.05, 0) is 35.9 Å². The monoisotopic (exact) mass is 535 g/mol. The van der Waals surface area contributed by atoms with Gasteiger partial charge in [0.25, 0.3) is 5.91 Å². The van der Waals surface area contributed by atoms with Gasteiger partial charge in [0.05, 0.1) is 23.9 Å². The molecule has 2 heterocycles. The van der Waals surface area contributed by atoms with Gasteiger partial charge in [-0.1, -0.05) is 34.7 Å². The number of halogens is 2. The fraction of sp³-hybridized carbons (Fsp3) is 0.182. The summed E-state index contributed by atoms with van der Waals surface area (Å²) < 4.78 is 20.3. The molecule has 0 bridgehead atoms. The number of fused-ring (bicyclic) bond motifs is 1. The number of benzene rings is 2. The van der Waals surface area contributed by atoms with E-state index in [4.69, 9.17) is 4.74 Å². The maximum Gasteiger partial charge on any atom is 0.259 e. The van der Waals surface area contributed by atoms with Gasteiger partial charge in [0.15, 0.2) is 17.3 Å². The van der Waals surface area contributed by atoms with Crippen LogP contribution in [-0.4, -0.2) is 40.4 Å². The van der Waals surface area contributed by atoms with E-state index in [0.29, 0.717) is 17.3 Å². The minimum atomic E-state index is -0.831. The van der Waals surface area contributed by atoms with E-state index >= 15 is 0 Å². The van der Waals surface area contributed by atoms with Crippen LogP contribution in [0.3, 0.4) is 0 Å². The summed E-state index contributed by atoms with van der Waals surface area (Å²) in [6.45, 7) is 0.00963. The number of phenolic OH excluding ortho intramolecular Hbond substituents is 1. The number of aliphatic hydroxyl groups excluding tert-OH is 1. The van der Waals surface area contributed by atoms with Gasteiger partial charge in [0.1, 0.15) is 12.4 Å². The van der Waals surface area contributed by atoms with Crippen LogP contribution in [0.2, 0.25) is 0 Å². The number of aliphatic hydroxyl groups is 1. The van der Waals surface area contributed by atoms with Crippen LogP contribution in [-0.2, 0) is 4.43 Å². The standard InChI is InChI=1S/C22H19FIN3O4/c23-17-8-14(5-6-19(17)29)26-22(30)16-2-1-3-18-21(16)31-12-15(11-28)27(18)20-7-4-13(9-24)10-25-20/h1-8,10,15,28-29H,9,11-12H2,(H,26,30)/t15-/m0/s1. The lowest BCUT2D eigenvalue weighted by Gasteiger charge is -2.37. The first-order valence-electron chi connectivity index (χ1n) is 9.48. The van der Waals surface area contributed by atoms with Crippen molar-refractivity contribution in [3.05, 3.63) is 71.7 Å². The zero-order valence-electron chi connectivity index (χ0n) is 16.3. The van der Waals surface area contributed by atoms with E-state index in [9.17, 15) is 19.4 Å². The third kappa shape index (κ3) is 4.28. The fourth-order valence-electron chi connectivity index (χ4n) is 3.36. The van der Waals surface area contributed by atoms with Crippen molar-refractivity contribution < 1.29 is 24.1 Å². The van der Waals surface area contributed by atoms with Crippen molar-refractivity contribution in [2.75, 3.05) is 23.4 Å². The average molecular weight is 535 g/mol. The van der Waals surface area contributed by atoms with Gasteiger partial charge in [0.2, 0.25) is 0 Å². The van der Waals surface area contributed by atoms with E-state index in [1.807, 2.05) is 17.0 Å². The van der Waals surface area contributed by atoms with Crippen LogP contribution in [0.4, 0.5) is 21.6 Å². The molecule has 0 radical (unpaired) electrons. The number of anilines is 3. The number of hydrogen-bond donors (Lipinski definition) is 3. The average Bonchev–Trinajstić information content (AvgIpc) is 2.80. The number of carbonyl (C=O) groups excluding carboxylic acids is 1. The maximum atomic E-state index is 13.6. The predicted molar refractivity (Wildman–Crippen MR) is 123 cm³/mol. The van der Waals surface area contributed by atoms with E-state index < -0.39 is 17.5 Å². The van der Waals surface area contributed by atoms with E-state index in [1.165, 1.54) is 12.1 Å². The summed E-state index contributed by atoms with van der Waals surface area (Å²) >= 11 is 2.26. The van der Waals surface area contributed by atoms with Gasteiger partial charge >= 0.3 is 0 Å². The smallest absolute Gasteiger partial charge is 0.259 e. The van der Waals surface area contributed by atoms with Crippen molar-refractivity contribution in [3.8, 4) is 11.5 Å². The second-order valence-electron chi connectivity index (χ2n) is 6.95. The first-order chi connectivity index (χ1) is 15.0. The van der Waals surface area contributed by atoms with Crippen molar-refractivity contribution in [2.24, 2.45) is 0 Å². The van der Waals surface area contributed by atoms with Crippen molar-refractivity contribution in [2.45, 2.75) is 10.5 Å². The largest absolute Gasteiger partial charge is 0.505 e. The number of nitrogens with one attached hydrogen (secondary N) is 1. The topological polar surface area (TPSA) is 94.9 Å². The number of ether oxygens (including phenoxy) is 1. The van der Waals surface area contributed by atoms with E-state index in [-0.39, 0.29) is 30.5 Å². The Morgan fingerprint density at radius 3 is 2.81 bits per heavy atom. The Balaban J connectivity index is 1.69. The summed E-state index contributed by atoms with van der Waals surface area (Å²) in [4.78, 5) is 19.3. The van der Waals surface area contributed by atoms with Crippen molar-refractivity contribution in [1.82, 2.24) is 4.98 Å². The van der Waals surface area contributed by atoms with Crippen molar-refractivity contribution in [1.29, 1.82) is 0 Å². The highest BCUT2D eigenvalue weighted by molar-refractivity contribution is 14.1. The van der Waals surface area contributed by atoms with Gasteiger partial charge < -0.3 is 25.2 Å². The van der Waals surface area contributed by atoms with Crippen LogP contribution < -0.4 is 15.0 Å². The lowest BCUT2D eigenvalue weighted by atomic mass is 10.1. The number of nitrogens with zero attached hydrogens (tertiary/aromatic N) is 2. The Morgan fingerprint density at radius 2 is 2.13 bits per heavy atom. The number of para-hydroxylation sites is 1. The summed E-state index contributed by atoms with van der Waals surface area (Å²) in [6.07, 6.45) is 1.78. The first-order valence-corrected chi connectivity index (χ1v) is 11.0. The summed E-state index contributed by atoms with van der Waals surface area (Å²) in [6, 6.07) is 12.2. The number of phenols is 1. The van der Waals surface area contributed by atoms with Crippen LogP contribution in [0.25, 0.3) is 0 Å². The number of amides is 1. The molecule has 1 aliphatic heterocycles. The zero-order chi connectivity index (χ0) is 22.0. The fourth-order valence-corrected chi connectivity index (χ4v) is 3.81. The molecule has 31 heavy (non-hydrogen) atoms. The van der Waals surface area contributed by atoms with Gasteiger partial charge in [-0.25, -0.2) is 9.37 Å². The molecule has 3 aromatic rings. The summed E-state index contributed by atoms with van der Waals surface area (Å²) in [5, 5.41) is 21.8. The summed E-state index contributed by atoms with van der Waals surface area (Å²) in [5.41, 5.74) is 2.14. The molecule has 0 spiro atoms. The van der Waals surface area contributed by atoms with E-state index in [0.717, 1.165) is 16.1 Å². The maximum absolute atomic E-state index is 13.6. The second kappa shape index (κ2) is 9.06. The lowest BCUT2D eigenvalue weighted by molar-refractivity contribution is 0.102. The number of aromatic hydroxyl groups is 1. The number of aromatic nitrogens is 1. The molecule has 4 rings (SSSR count). The highest BCUT2D eigenvalue weighted by Gasteiger charge is 2.32. The van der Waals surface area contributed by atoms with E-state index in [1.54, 1.807) is 24.4 Å². The van der Waals surface area contributed by atoms with Crippen molar-refractivity contribution >= 4 is 45.7 Å². The van der Waals surface area contributed by atoms with Crippen LogP contribution in [0, 0.1) is 5.82 Å². The van der Waals surface area contributed by atoms with Crippen molar-refractivity contribution in [3.63, 3.8) is 0 Å². The number of pyridine rings is 1. The Morgan fingerprint density at radius 1 is 1.29 bits per heavy atom.